The molecule has 0 saturated carbocycles. The van der Waals surface area contributed by atoms with Gasteiger partial charge in [0, 0.05) is 6.07 Å². The summed E-state index contributed by atoms with van der Waals surface area (Å²) in [5, 5.41) is 12.9. The van der Waals surface area contributed by atoms with Gasteiger partial charge in [0.1, 0.15) is 23.8 Å². The molecule has 7 nitrogen and oxygen atoms in total. The number of hydrogen-bond acceptors (Lipinski definition) is 7. The minimum atomic E-state index is -0.225. The number of nitrogens with zero attached hydrogens (tertiary/aromatic N) is 2. The van der Waals surface area contributed by atoms with Gasteiger partial charge in [-0.1, -0.05) is 6.07 Å². The molecular weight excluding hydrogens is 378 g/mol. The number of carbonyl (C=O) groups excluding carboxylic acids is 1. The summed E-state index contributed by atoms with van der Waals surface area (Å²) in [7, 11) is 0. The van der Waals surface area contributed by atoms with Crippen molar-refractivity contribution in [1.82, 2.24) is 15.5 Å². The van der Waals surface area contributed by atoms with Gasteiger partial charge in [0.05, 0.1) is 18.0 Å². The minimum absolute atomic E-state index is 0.0662. The number of rotatable bonds is 10. The molecule has 0 bridgehead atoms. The number of nitrogens with one attached hydrogen (secondary N) is 1. The van der Waals surface area contributed by atoms with Gasteiger partial charge in [-0.3, -0.25) is 4.79 Å². The molecule has 28 heavy (non-hydrogen) atoms. The summed E-state index contributed by atoms with van der Waals surface area (Å²) in [5.74, 6) is 1.57. The van der Waals surface area contributed by atoms with Crippen LogP contribution in [0.15, 0.2) is 53.9 Å². The van der Waals surface area contributed by atoms with Crippen molar-refractivity contribution in [3.05, 3.63) is 53.9 Å². The fraction of sp³-hybridized carbons (Fsp3) is 0.250. The number of benzene rings is 1. The molecule has 0 saturated heterocycles. The summed E-state index contributed by atoms with van der Waals surface area (Å²) in [5.41, 5.74) is 0.807. The highest BCUT2D eigenvalue weighted by Gasteiger charge is 2.05. The summed E-state index contributed by atoms with van der Waals surface area (Å²) in [6, 6.07) is 14.7. The van der Waals surface area contributed by atoms with Crippen LogP contribution < -0.4 is 19.5 Å². The van der Waals surface area contributed by atoms with Crippen LogP contribution in [0.4, 0.5) is 0 Å². The van der Waals surface area contributed by atoms with E-state index in [1.54, 1.807) is 41.7 Å². The maximum Gasteiger partial charge on any atom is 0.258 e. The van der Waals surface area contributed by atoms with Crippen molar-refractivity contribution in [3.8, 4) is 28.0 Å². The third-order valence-electron chi connectivity index (χ3n) is 3.59. The summed E-state index contributed by atoms with van der Waals surface area (Å²) < 4.78 is 16.3. The molecular formula is C20H21N3O4S. The molecule has 3 aromatic rings. The maximum atomic E-state index is 11.8. The van der Waals surface area contributed by atoms with E-state index < -0.39 is 0 Å². The van der Waals surface area contributed by atoms with Crippen molar-refractivity contribution in [2.45, 2.75) is 6.92 Å². The van der Waals surface area contributed by atoms with Crippen LogP contribution in [0.5, 0.6) is 17.4 Å². The Morgan fingerprint density at radius 3 is 2.43 bits per heavy atom. The summed E-state index contributed by atoms with van der Waals surface area (Å²) in [6.07, 6.45) is 0. The molecule has 1 amide bonds. The molecule has 0 aliphatic carbocycles. The lowest BCUT2D eigenvalue weighted by Crippen LogP contribution is -2.32. The number of amides is 1. The Kier molecular flexibility index (Phi) is 7.20. The normalized spacial score (nSPS) is 10.3. The van der Waals surface area contributed by atoms with E-state index in [1.165, 1.54) is 0 Å². The Labute approximate surface area is 167 Å². The first kappa shape index (κ1) is 19.6. The van der Waals surface area contributed by atoms with Crippen LogP contribution in [-0.2, 0) is 4.79 Å². The van der Waals surface area contributed by atoms with Gasteiger partial charge in [-0.25, -0.2) is 0 Å². The summed E-state index contributed by atoms with van der Waals surface area (Å²) >= 11 is 1.60. The molecule has 0 atom stereocenters. The largest absolute Gasteiger partial charge is 0.494 e. The lowest BCUT2D eigenvalue weighted by molar-refractivity contribution is -0.123. The molecule has 146 valence electrons. The van der Waals surface area contributed by atoms with Crippen molar-refractivity contribution in [2.75, 3.05) is 26.4 Å². The zero-order valence-electron chi connectivity index (χ0n) is 15.5. The molecule has 1 aromatic carbocycles. The number of ether oxygens (including phenoxy) is 3. The molecule has 2 heterocycles. The van der Waals surface area contributed by atoms with E-state index in [4.69, 9.17) is 14.2 Å². The summed E-state index contributed by atoms with van der Waals surface area (Å²) in [6.45, 7) is 3.10. The van der Waals surface area contributed by atoms with Crippen molar-refractivity contribution in [3.63, 3.8) is 0 Å². The van der Waals surface area contributed by atoms with E-state index in [0.717, 1.165) is 16.3 Å². The highest BCUT2D eigenvalue weighted by atomic mass is 32.1. The van der Waals surface area contributed by atoms with Crippen LogP contribution >= 0.6 is 11.3 Å². The second kappa shape index (κ2) is 10.3. The van der Waals surface area contributed by atoms with Crippen molar-refractivity contribution < 1.29 is 19.0 Å². The van der Waals surface area contributed by atoms with Gasteiger partial charge >= 0.3 is 0 Å². The average molecular weight is 399 g/mol. The molecule has 0 spiro atoms. The van der Waals surface area contributed by atoms with Gasteiger partial charge < -0.3 is 19.5 Å². The molecule has 8 heteroatoms. The third kappa shape index (κ3) is 5.95. The van der Waals surface area contributed by atoms with Crippen molar-refractivity contribution in [2.24, 2.45) is 0 Å². The first-order chi connectivity index (χ1) is 13.7. The van der Waals surface area contributed by atoms with Crippen LogP contribution in [0, 0.1) is 0 Å². The number of aromatic nitrogens is 2. The topological polar surface area (TPSA) is 82.6 Å². The highest BCUT2D eigenvalue weighted by Crippen LogP contribution is 2.22. The van der Waals surface area contributed by atoms with Gasteiger partial charge in [-0.2, -0.15) is 0 Å². The average Bonchev–Trinajstić information content (AvgIpc) is 3.26. The van der Waals surface area contributed by atoms with Crippen molar-refractivity contribution >= 4 is 17.2 Å². The SMILES string of the molecule is CCOc1ccc(OCC(=O)NCCOc2ccc(-c3cccs3)nn2)cc1. The molecule has 0 unspecified atom stereocenters. The fourth-order valence-electron chi connectivity index (χ4n) is 2.30. The molecule has 3 rings (SSSR count). The van der Waals surface area contributed by atoms with Gasteiger partial charge in [0.15, 0.2) is 6.61 Å². The molecule has 0 fully saturated rings. The van der Waals surface area contributed by atoms with E-state index in [1.807, 2.05) is 30.5 Å². The van der Waals surface area contributed by atoms with E-state index >= 15 is 0 Å². The number of thiophene rings is 1. The molecule has 0 aliphatic rings. The number of hydrogen-bond donors (Lipinski definition) is 1. The number of carbonyl (C=O) groups is 1. The Hall–Kier alpha value is -3.13. The zero-order chi connectivity index (χ0) is 19.6. The Balaban J connectivity index is 1.33. The predicted octanol–water partition coefficient (Wildman–Crippen LogP) is 3.18. The third-order valence-corrected chi connectivity index (χ3v) is 4.48. The molecule has 0 radical (unpaired) electrons. The lowest BCUT2D eigenvalue weighted by atomic mass is 10.3. The second-order valence-electron chi connectivity index (χ2n) is 5.63. The van der Waals surface area contributed by atoms with Gasteiger partial charge in [-0.05, 0) is 48.7 Å². The fourth-order valence-corrected chi connectivity index (χ4v) is 2.99. The predicted molar refractivity (Wildman–Crippen MR) is 107 cm³/mol. The Morgan fingerprint density at radius 1 is 1.00 bits per heavy atom. The van der Waals surface area contributed by atoms with Crippen LogP contribution in [-0.4, -0.2) is 42.5 Å². The first-order valence-corrected chi connectivity index (χ1v) is 9.75. The van der Waals surface area contributed by atoms with Crippen molar-refractivity contribution in [1.29, 1.82) is 0 Å². The standard InChI is InChI=1S/C20H21N3O4S/c1-2-25-15-5-7-16(8-6-15)27-14-19(24)21-11-12-26-20-10-9-17(22-23-20)18-4-3-13-28-18/h3-10,13H,2,11-12,14H2,1H3,(H,21,24). The molecule has 1 N–H and O–H groups in total. The Bertz CT molecular complexity index is 852. The highest BCUT2D eigenvalue weighted by molar-refractivity contribution is 7.13. The van der Waals surface area contributed by atoms with E-state index in [0.29, 0.717) is 31.4 Å². The lowest BCUT2D eigenvalue weighted by Gasteiger charge is -2.09. The van der Waals surface area contributed by atoms with Gasteiger partial charge in [-0.15, -0.1) is 21.5 Å². The Morgan fingerprint density at radius 2 is 1.79 bits per heavy atom. The zero-order valence-corrected chi connectivity index (χ0v) is 16.3. The van der Waals surface area contributed by atoms with Gasteiger partial charge in [0.2, 0.25) is 5.88 Å². The monoisotopic (exact) mass is 399 g/mol. The summed E-state index contributed by atoms with van der Waals surface area (Å²) in [4.78, 5) is 12.9. The van der Waals surface area contributed by atoms with Crippen LogP contribution in [0.3, 0.4) is 0 Å². The first-order valence-electron chi connectivity index (χ1n) is 8.87. The van der Waals surface area contributed by atoms with E-state index in [-0.39, 0.29) is 12.5 Å². The van der Waals surface area contributed by atoms with E-state index in [2.05, 4.69) is 15.5 Å². The quantitative estimate of drug-likeness (QED) is 0.527. The minimum Gasteiger partial charge on any atom is -0.494 e. The molecule has 2 aromatic heterocycles. The molecule has 0 aliphatic heterocycles. The maximum absolute atomic E-state index is 11.8. The smallest absolute Gasteiger partial charge is 0.258 e. The second-order valence-corrected chi connectivity index (χ2v) is 6.57. The van der Waals surface area contributed by atoms with Gasteiger partial charge in [0.25, 0.3) is 5.91 Å². The van der Waals surface area contributed by atoms with Crippen LogP contribution in [0.1, 0.15) is 6.92 Å². The van der Waals surface area contributed by atoms with Crippen LogP contribution in [0.2, 0.25) is 0 Å². The van der Waals surface area contributed by atoms with Crippen LogP contribution in [0.25, 0.3) is 10.6 Å². The van der Waals surface area contributed by atoms with E-state index in [9.17, 15) is 4.79 Å².